The number of rotatable bonds is 5. The zero-order chi connectivity index (χ0) is 10.4. The predicted molar refractivity (Wildman–Crippen MR) is 57.4 cm³/mol. The largest absolute Gasteiger partial charge is 0.507 e. The summed E-state index contributed by atoms with van der Waals surface area (Å²) in [5.74, 6) is 0.533. The fourth-order valence-electron chi connectivity index (χ4n) is 0.957. The van der Waals surface area contributed by atoms with Crippen molar-refractivity contribution in [1.29, 1.82) is 0 Å². The third-order valence-corrected chi connectivity index (χ3v) is 2.24. The number of phenols is 1. The Morgan fingerprint density at radius 1 is 1.50 bits per heavy atom. The molecular formula is C10H11BrO3. The molecule has 0 heterocycles. The molecule has 0 saturated heterocycles. The lowest BCUT2D eigenvalue weighted by molar-refractivity contribution is 0.112. The first kappa shape index (κ1) is 11.0. The van der Waals surface area contributed by atoms with Crippen molar-refractivity contribution in [2.24, 2.45) is 0 Å². The fraction of sp³-hybridized carbons (Fsp3) is 0.300. The van der Waals surface area contributed by atoms with Crippen LogP contribution in [0, 0.1) is 0 Å². The molecule has 4 heteroatoms. The van der Waals surface area contributed by atoms with Crippen LogP contribution in [0.3, 0.4) is 0 Å². The lowest BCUT2D eigenvalue weighted by atomic mass is 10.2. The number of hydrogen-bond donors (Lipinski definition) is 1. The summed E-state index contributed by atoms with van der Waals surface area (Å²) in [6.45, 7) is 0.588. The number of alkyl halides is 1. The molecule has 14 heavy (non-hydrogen) atoms. The quantitative estimate of drug-likeness (QED) is 0.501. The van der Waals surface area contributed by atoms with E-state index in [4.69, 9.17) is 4.74 Å². The van der Waals surface area contributed by atoms with Gasteiger partial charge in [-0.1, -0.05) is 15.9 Å². The van der Waals surface area contributed by atoms with Crippen molar-refractivity contribution >= 4 is 22.2 Å². The molecule has 0 aliphatic rings. The number of ether oxygens (including phenoxy) is 1. The van der Waals surface area contributed by atoms with E-state index in [1.807, 2.05) is 0 Å². The number of phenolic OH excluding ortho intramolecular Hbond substituents is 1. The summed E-state index contributed by atoms with van der Waals surface area (Å²) in [4.78, 5) is 10.4. The van der Waals surface area contributed by atoms with Crippen molar-refractivity contribution < 1.29 is 14.6 Å². The molecule has 0 saturated carbocycles. The maximum absolute atomic E-state index is 10.4. The third-order valence-electron chi connectivity index (χ3n) is 1.68. The second-order valence-electron chi connectivity index (χ2n) is 2.73. The average molecular weight is 259 g/mol. The first-order valence-corrected chi connectivity index (χ1v) is 5.37. The molecule has 0 amide bonds. The molecule has 0 aromatic heterocycles. The number of benzene rings is 1. The minimum Gasteiger partial charge on any atom is -0.507 e. The van der Waals surface area contributed by atoms with Gasteiger partial charge in [0.05, 0.1) is 12.2 Å². The van der Waals surface area contributed by atoms with Crippen molar-refractivity contribution in [3.63, 3.8) is 0 Å². The van der Waals surface area contributed by atoms with Gasteiger partial charge in [-0.25, -0.2) is 0 Å². The summed E-state index contributed by atoms with van der Waals surface area (Å²) in [6, 6.07) is 4.64. The zero-order valence-electron chi connectivity index (χ0n) is 7.57. The molecule has 0 spiro atoms. The fourth-order valence-corrected chi connectivity index (χ4v) is 1.19. The van der Waals surface area contributed by atoms with E-state index in [0.717, 1.165) is 11.8 Å². The Labute approximate surface area is 90.8 Å². The molecule has 76 valence electrons. The van der Waals surface area contributed by atoms with Gasteiger partial charge in [-0.2, -0.15) is 0 Å². The molecule has 0 bridgehead atoms. The Hall–Kier alpha value is -1.03. The molecule has 3 nitrogen and oxygen atoms in total. The Kier molecular flexibility index (Phi) is 4.46. The van der Waals surface area contributed by atoms with Crippen LogP contribution in [0.25, 0.3) is 0 Å². The topological polar surface area (TPSA) is 46.5 Å². The molecule has 0 atom stereocenters. The predicted octanol–water partition coefficient (Wildman–Crippen LogP) is 2.37. The minimum absolute atomic E-state index is 0.0451. The minimum atomic E-state index is -0.0451. The maximum Gasteiger partial charge on any atom is 0.153 e. The second-order valence-corrected chi connectivity index (χ2v) is 3.52. The highest BCUT2D eigenvalue weighted by atomic mass is 79.9. The van der Waals surface area contributed by atoms with Crippen LogP contribution in [-0.2, 0) is 0 Å². The van der Waals surface area contributed by atoms with Crippen LogP contribution >= 0.6 is 15.9 Å². The maximum atomic E-state index is 10.4. The van der Waals surface area contributed by atoms with Gasteiger partial charge in [0.1, 0.15) is 11.5 Å². The number of hydrogen-bond acceptors (Lipinski definition) is 3. The van der Waals surface area contributed by atoms with E-state index in [-0.39, 0.29) is 11.3 Å². The number of aromatic hydroxyl groups is 1. The molecule has 0 fully saturated rings. The van der Waals surface area contributed by atoms with E-state index < -0.39 is 0 Å². The first-order chi connectivity index (χ1) is 6.77. The van der Waals surface area contributed by atoms with Crippen LogP contribution in [0.15, 0.2) is 18.2 Å². The highest BCUT2D eigenvalue weighted by Gasteiger charge is 2.01. The van der Waals surface area contributed by atoms with Gasteiger partial charge in [0, 0.05) is 11.4 Å². The number of halogens is 1. The van der Waals surface area contributed by atoms with Gasteiger partial charge in [-0.15, -0.1) is 0 Å². The third kappa shape index (κ3) is 3.03. The normalized spacial score (nSPS) is 9.79. The molecule has 0 unspecified atom stereocenters. The van der Waals surface area contributed by atoms with Crippen LogP contribution in [-0.4, -0.2) is 23.3 Å². The van der Waals surface area contributed by atoms with E-state index >= 15 is 0 Å². The molecule has 1 aromatic carbocycles. The van der Waals surface area contributed by atoms with Crippen LogP contribution < -0.4 is 4.74 Å². The van der Waals surface area contributed by atoms with Gasteiger partial charge >= 0.3 is 0 Å². The molecule has 1 N–H and O–H groups in total. The van der Waals surface area contributed by atoms with Gasteiger partial charge in [-0.3, -0.25) is 4.79 Å². The summed E-state index contributed by atoms with van der Waals surface area (Å²) in [5.41, 5.74) is 0.276. The molecule has 1 rings (SSSR count). The van der Waals surface area contributed by atoms with E-state index in [0.29, 0.717) is 18.6 Å². The van der Waals surface area contributed by atoms with Crippen LogP contribution in [0.1, 0.15) is 16.8 Å². The van der Waals surface area contributed by atoms with Crippen LogP contribution in [0.2, 0.25) is 0 Å². The van der Waals surface area contributed by atoms with Gasteiger partial charge in [0.25, 0.3) is 0 Å². The second kappa shape index (κ2) is 5.65. The lowest BCUT2D eigenvalue weighted by Crippen LogP contribution is -1.97. The summed E-state index contributed by atoms with van der Waals surface area (Å²) >= 11 is 3.28. The summed E-state index contributed by atoms with van der Waals surface area (Å²) in [5, 5.41) is 10.2. The Morgan fingerprint density at radius 2 is 2.29 bits per heavy atom. The average Bonchev–Trinajstić information content (AvgIpc) is 2.18. The lowest BCUT2D eigenvalue weighted by Gasteiger charge is -2.05. The summed E-state index contributed by atoms with van der Waals surface area (Å²) < 4.78 is 5.32. The van der Waals surface area contributed by atoms with Gasteiger partial charge in [-0.05, 0) is 18.6 Å². The molecular weight excluding hydrogens is 248 g/mol. The van der Waals surface area contributed by atoms with E-state index in [9.17, 15) is 9.90 Å². The van der Waals surface area contributed by atoms with E-state index in [1.165, 1.54) is 12.1 Å². The smallest absolute Gasteiger partial charge is 0.153 e. The van der Waals surface area contributed by atoms with Crippen molar-refractivity contribution in [1.82, 2.24) is 0 Å². The first-order valence-electron chi connectivity index (χ1n) is 4.25. The van der Waals surface area contributed by atoms with Crippen molar-refractivity contribution in [3.8, 4) is 11.5 Å². The molecule has 0 aliphatic heterocycles. The van der Waals surface area contributed by atoms with Gasteiger partial charge in [0.2, 0.25) is 0 Å². The highest BCUT2D eigenvalue weighted by Crippen LogP contribution is 2.22. The van der Waals surface area contributed by atoms with Crippen molar-refractivity contribution in [2.45, 2.75) is 6.42 Å². The monoisotopic (exact) mass is 258 g/mol. The van der Waals surface area contributed by atoms with Gasteiger partial charge in [0.15, 0.2) is 6.29 Å². The Morgan fingerprint density at radius 3 is 2.86 bits per heavy atom. The standard InChI is InChI=1S/C10H11BrO3/c11-4-1-5-14-9-3-2-8(7-12)10(13)6-9/h2-3,6-7,13H,1,4-5H2. The van der Waals surface area contributed by atoms with Crippen LogP contribution in [0.5, 0.6) is 11.5 Å². The molecule has 0 aliphatic carbocycles. The molecule has 1 aromatic rings. The Balaban J connectivity index is 2.62. The number of aldehydes is 1. The summed E-state index contributed by atoms with van der Waals surface area (Å²) in [7, 11) is 0. The zero-order valence-corrected chi connectivity index (χ0v) is 9.16. The van der Waals surface area contributed by atoms with Crippen molar-refractivity contribution in [2.75, 3.05) is 11.9 Å². The number of carbonyl (C=O) groups is 1. The molecule has 0 radical (unpaired) electrons. The van der Waals surface area contributed by atoms with Crippen LogP contribution in [0.4, 0.5) is 0 Å². The number of carbonyl (C=O) groups excluding carboxylic acids is 1. The van der Waals surface area contributed by atoms with Gasteiger partial charge < -0.3 is 9.84 Å². The Bertz CT molecular complexity index is 312. The van der Waals surface area contributed by atoms with E-state index in [1.54, 1.807) is 6.07 Å². The van der Waals surface area contributed by atoms with E-state index in [2.05, 4.69) is 15.9 Å². The SMILES string of the molecule is O=Cc1ccc(OCCCBr)cc1O. The summed E-state index contributed by atoms with van der Waals surface area (Å²) in [6.07, 6.45) is 1.51. The highest BCUT2D eigenvalue weighted by molar-refractivity contribution is 9.09. The van der Waals surface area contributed by atoms with Crippen molar-refractivity contribution in [3.05, 3.63) is 23.8 Å².